The maximum atomic E-state index is 5.72. The van der Waals surface area contributed by atoms with Crippen LogP contribution in [0.5, 0.6) is 0 Å². The number of benzene rings is 6. The van der Waals surface area contributed by atoms with Gasteiger partial charge in [-0.3, -0.25) is 4.40 Å². The first-order chi connectivity index (χ1) is 26.3. The van der Waals surface area contributed by atoms with Crippen LogP contribution in [0.3, 0.4) is 0 Å². The van der Waals surface area contributed by atoms with Gasteiger partial charge in [0.2, 0.25) is 19.8 Å². The molecule has 0 amide bonds. The number of nitrogens with zero attached hydrogens (tertiary/aromatic N) is 5. The molecule has 4 heterocycles. The van der Waals surface area contributed by atoms with E-state index in [-0.39, 0.29) is 10.8 Å². The fraction of sp³-hybridized carbons (Fsp3) is 0.128. The van der Waals surface area contributed by atoms with Crippen LogP contribution in [0.4, 0.5) is 0 Å². The van der Waals surface area contributed by atoms with Gasteiger partial charge in [0, 0.05) is 21.3 Å². The van der Waals surface area contributed by atoms with Gasteiger partial charge in [0.1, 0.15) is 0 Å². The first kappa shape index (κ1) is 32.9. The van der Waals surface area contributed by atoms with E-state index in [0.29, 0.717) is 5.95 Å². The average Bonchev–Trinajstić information content (AvgIpc) is 3.72. The number of fused-ring (bicyclic) bond motifs is 7. The summed E-state index contributed by atoms with van der Waals surface area (Å²) >= 11 is 1.93. The largest absolute Gasteiger partial charge is 0.276 e. The van der Waals surface area contributed by atoms with E-state index in [1.807, 2.05) is 24.0 Å². The zero-order valence-corrected chi connectivity index (χ0v) is 32.5. The van der Waals surface area contributed by atoms with Crippen molar-refractivity contribution in [2.75, 3.05) is 0 Å². The molecule has 7 heteroatoms. The summed E-state index contributed by atoms with van der Waals surface area (Å²) in [6, 6.07) is 57.2. The quantitative estimate of drug-likeness (QED) is 0.132. The Labute approximate surface area is 320 Å². The molecule has 5 nitrogen and oxygen atoms in total. The zero-order chi connectivity index (χ0) is 36.7. The minimum Gasteiger partial charge on any atom is -0.276 e. The van der Waals surface area contributed by atoms with E-state index in [1.165, 1.54) is 36.5 Å². The highest BCUT2D eigenvalue weighted by Gasteiger charge is 2.49. The summed E-state index contributed by atoms with van der Waals surface area (Å²) in [5, 5.41) is 4.92. The van der Waals surface area contributed by atoms with E-state index in [9.17, 15) is 0 Å². The highest BCUT2D eigenvalue weighted by molar-refractivity contribution is 7.99. The smallest absolute Gasteiger partial charge is 0.236 e. The van der Waals surface area contributed by atoms with E-state index in [1.54, 1.807) is 0 Å². The van der Waals surface area contributed by atoms with Gasteiger partial charge in [-0.2, -0.15) is 0 Å². The monoisotopic (exact) mass is 733 g/mol. The molecule has 0 atom stereocenters. The predicted octanol–water partition coefficient (Wildman–Crippen LogP) is 8.32. The molecule has 1 aliphatic rings. The fourth-order valence-corrected chi connectivity index (χ4v) is 15.4. The second-order valence-corrected chi connectivity index (χ2v) is 20.1. The summed E-state index contributed by atoms with van der Waals surface area (Å²) < 4.78 is 4.37. The number of para-hydroxylation sites is 4. The van der Waals surface area contributed by atoms with E-state index in [4.69, 9.17) is 15.0 Å². The van der Waals surface area contributed by atoms with E-state index >= 15 is 0 Å². The second-order valence-electron chi connectivity index (χ2n) is 15.3. The molecule has 9 aromatic rings. The van der Waals surface area contributed by atoms with Gasteiger partial charge >= 0.3 is 0 Å². The highest BCUT2D eigenvalue weighted by atomic mass is 32.2. The first-order valence-electron chi connectivity index (χ1n) is 18.5. The molecule has 3 aromatic heterocycles. The van der Waals surface area contributed by atoms with Crippen LogP contribution in [0, 0.1) is 0 Å². The zero-order valence-electron chi connectivity index (χ0n) is 30.7. The topological polar surface area (TPSA) is 48.0 Å². The number of aromatic nitrogens is 5. The molecule has 0 N–H and O–H groups in total. The van der Waals surface area contributed by atoms with Gasteiger partial charge in [-0.25, -0.2) is 19.5 Å². The van der Waals surface area contributed by atoms with Crippen molar-refractivity contribution in [3.8, 4) is 5.95 Å². The van der Waals surface area contributed by atoms with Crippen molar-refractivity contribution in [3.05, 3.63) is 175 Å². The molecule has 0 saturated carbocycles. The number of imidazole rings is 2. The van der Waals surface area contributed by atoms with Crippen molar-refractivity contribution in [2.45, 2.75) is 48.3 Å². The van der Waals surface area contributed by atoms with Gasteiger partial charge < -0.3 is 0 Å². The van der Waals surface area contributed by atoms with Crippen molar-refractivity contribution in [3.63, 3.8) is 0 Å². The Balaban J connectivity index is 1.32. The van der Waals surface area contributed by atoms with E-state index in [0.717, 1.165) is 33.2 Å². The lowest BCUT2D eigenvalue weighted by Gasteiger charge is -2.43. The Hall–Kier alpha value is -5.76. The summed E-state index contributed by atoms with van der Waals surface area (Å²) in [6.45, 7) is 9.66. The normalized spacial score (nSPS) is 14.9. The molecule has 6 aromatic carbocycles. The lowest BCUT2D eigenvalue weighted by Crippen LogP contribution is -2.76. The van der Waals surface area contributed by atoms with Gasteiger partial charge in [-0.15, -0.1) is 0 Å². The molecular formula is C47H39N5SSi. The molecule has 54 heavy (non-hydrogen) atoms. The Morgan fingerprint density at radius 2 is 1.13 bits per heavy atom. The third-order valence-corrected chi connectivity index (χ3v) is 18.2. The molecular weight excluding hydrogens is 695 g/mol. The molecule has 0 aliphatic carbocycles. The average molecular weight is 734 g/mol. The van der Waals surface area contributed by atoms with Crippen molar-refractivity contribution in [1.29, 1.82) is 0 Å². The third-order valence-electron chi connectivity index (χ3n) is 12.2. The van der Waals surface area contributed by atoms with E-state index < -0.39 is 8.07 Å². The highest BCUT2D eigenvalue weighted by Crippen LogP contribution is 2.53. The van der Waals surface area contributed by atoms with Crippen LogP contribution < -0.4 is 20.9 Å². The Bertz CT molecular complexity index is 2830. The lowest BCUT2D eigenvalue weighted by molar-refractivity contribution is 0.296. The van der Waals surface area contributed by atoms with Gasteiger partial charge in [0.15, 0.2) is 0 Å². The second kappa shape index (κ2) is 12.1. The Morgan fingerprint density at radius 1 is 0.537 bits per heavy atom. The molecule has 0 spiro atoms. The first-order valence-corrected chi connectivity index (χ1v) is 21.4. The maximum Gasteiger partial charge on any atom is 0.236 e. The number of rotatable bonds is 5. The van der Waals surface area contributed by atoms with Crippen molar-refractivity contribution in [1.82, 2.24) is 23.9 Å². The number of hydrogen-bond acceptors (Lipinski definition) is 4. The predicted molar refractivity (Wildman–Crippen MR) is 225 cm³/mol. The molecule has 1 aliphatic heterocycles. The van der Waals surface area contributed by atoms with Crippen LogP contribution in [0.1, 0.15) is 38.8 Å². The van der Waals surface area contributed by atoms with Gasteiger partial charge in [-0.1, -0.05) is 161 Å². The van der Waals surface area contributed by atoms with Crippen molar-refractivity contribution >= 4 is 68.6 Å². The molecule has 0 saturated heterocycles. The molecule has 262 valence electrons. The van der Waals surface area contributed by atoms with Crippen LogP contribution in [0.2, 0.25) is 0 Å². The Morgan fingerprint density at radius 3 is 1.87 bits per heavy atom. The SMILES string of the molecule is CC1(C)c2ccccc2Sc2c(cccc2[Si](c2ccccc2)(c2ccccc2)c2ccnc(-n3c4ccccc4n4c5ccccc5nc34)n2)C1(C)C. The summed E-state index contributed by atoms with van der Waals surface area (Å²) in [5.41, 5.74) is 6.53. The lowest BCUT2D eigenvalue weighted by atomic mass is 9.61. The number of hydrogen-bond donors (Lipinski definition) is 0. The Kier molecular flexibility index (Phi) is 7.38. The third kappa shape index (κ3) is 4.55. The van der Waals surface area contributed by atoms with Crippen molar-refractivity contribution < 1.29 is 0 Å². The summed E-state index contributed by atoms with van der Waals surface area (Å²) in [7, 11) is -3.15. The molecule has 0 radical (unpaired) electrons. The standard InChI is InChI=1S/C47H39N5SSi/c1-46(2)34-22-11-16-28-40(34)53-43-35(47(46,3)4)23-17-29-41(43)54(32-18-7-5-8-19-32,33-20-9-6-10-21-33)42-30-31-48-44(50-42)52-39-27-15-14-26-38(39)51-37-25-13-12-24-36(37)49-45(51)52/h5-31H,1-4H3. The minimum atomic E-state index is -3.15. The van der Waals surface area contributed by atoms with Crippen LogP contribution >= 0.6 is 11.8 Å². The van der Waals surface area contributed by atoms with Gasteiger partial charge in [0.05, 0.1) is 22.1 Å². The van der Waals surface area contributed by atoms with Crippen LogP contribution in [-0.2, 0) is 10.8 Å². The molecule has 0 fully saturated rings. The minimum absolute atomic E-state index is 0.124. The summed E-state index contributed by atoms with van der Waals surface area (Å²) in [4.78, 5) is 18.6. The fourth-order valence-electron chi connectivity index (χ4n) is 8.79. The van der Waals surface area contributed by atoms with Gasteiger partial charge in [-0.05, 0) is 73.9 Å². The van der Waals surface area contributed by atoms with Crippen LogP contribution in [-0.4, -0.2) is 32.0 Å². The van der Waals surface area contributed by atoms with E-state index in [2.05, 4.69) is 188 Å². The summed E-state index contributed by atoms with van der Waals surface area (Å²) in [6.07, 6.45) is 1.95. The maximum absolute atomic E-state index is 5.72. The van der Waals surface area contributed by atoms with Crippen LogP contribution in [0.25, 0.3) is 33.8 Å². The van der Waals surface area contributed by atoms with Gasteiger partial charge in [0.25, 0.3) is 0 Å². The molecule has 10 rings (SSSR count). The summed E-state index contributed by atoms with van der Waals surface area (Å²) in [5.74, 6) is 1.41. The molecule has 0 unspecified atom stereocenters. The molecule has 0 bridgehead atoms. The van der Waals surface area contributed by atoms with Crippen molar-refractivity contribution in [2.24, 2.45) is 0 Å². The van der Waals surface area contributed by atoms with Crippen LogP contribution in [0.15, 0.2) is 174 Å².